The van der Waals surface area contributed by atoms with Crippen LogP contribution in [-0.2, 0) is 16.6 Å². The van der Waals surface area contributed by atoms with Crippen molar-refractivity contribution >= 4 is 15.7 Å². The lowest BCUT2D eigenvalue weighted by molar-refractivity contribution is 0.386. The van der Waals surface area contributed by atoms with Gasteiger partial charge >= 0.3 is 0 Å². The number of aromatic nitrogens is 2. The lowest BCUT2D eigenvalue weighted by atomic mass is 10.3. The highest BCUT2D eigenvalue weighted by Gasteiger charge is 2.20. The van der Waals surface area contributed by atoms with Gasteiger partial charge in [-0.1, -0.05) is 5.16 Å². The lowest BCUT2D eigenvalue weighted by Crippen LogP contribution is -2.24. The molecule has 9 heteroatoms. The fraction of sp³-hybridized carbons (Fsp3) is 0.273. The van der Waals surface area contributed by atoms with Crippen molar-refractivity contribution in [1.29, 1.82) is 0 Å². The first-order valence-electron chi connectivity index (χ1n) is 5.65. The van der Waals surface area contributed by atoms with Crippen LogP contribution in [0.15, 0.2) is 27.6 Å². The van der Waals surface area contributed by atoms with Gasteiger partial charge in [0.2, 0.25) is 15.9 Å². The van der Waals surface area contributed by atoms with E-state index in [-0.39, 0.29) is 23.0 Å². The van der Waals surface area contributed by atoms with Gasteiger partial charge in [0, 0.05) is 12.6 Å². The van der Waals surface area contributed by atoms with E-state index in [1.165, 1.54) is 19.2 Å². The third-order valence-corrected chi connectivity index (χ3v) is 3.89. The molecule has 0 spiro atoms. The molecule has 2 rings (SSSR count). The first-order chi connectivity index (χ1) is 9.42. The van der Waals surface area contributed by atoms with Crippen LogP contribution in [0.2, 0.25) is 0 Å². The first-order valence-corrected chi connectivity index (χ1v) is 7.13. The molecule has 0 radical (unpaired) electrons. The Balaban J connectivity index is 2.24. The molecule has 0 atom stereocenters. The van der Waals surface area contributed by atoms with Gasteiger partial charge in [0.25, 0.3) is 0 Å². The normalized spacial score (nSPS) is 11.5. The summed E-state index contributed by atoms with van der Waals surface area (Å²) in [5, 5.41) is 3.60. The Morgan fingerprint density at radius 2 is 2.20 bits per heavy atom. The number of hydrogen-bond donors (Lipinski definition) is 2. The molecular formula is C11H14N4O4S. The number of benzene rings is 1. The van der Waals surface area contributed by atoms with Crippen molar-refractivity contribution < 1.29 is 17.7 Å². The van der Waals surface area contributed by atoms with Crippen molar-refractivity contribution in [2.75, 3.05) is 12.8 Å². The predicted octanol–water partition coefficient (Wildman–Crippen LogP) is 0.447. The van der Waals surface area contributed by atoms with Crippen molar-refractivity contribution in [2.45, 2.75) is 18.4 Å². The summed E-state index contributed by atoms with van der Waals surface area (Å²) >= 11 is 0. The predicted molar refractivity (Wildman–Crippen MR) is 70.5 cm³/mol. The molecule has 1 heterocycles. The van der Waals surface area contributed by atoms with Gasteiger partial charge in [-0.15, -0.1) is 0 Å². The number of nitrogens with two attached hydrogens (primary N) is 1. The van der Waals surface area contributed by atoms with Gasteiger partial charge in [0.15, 0.2) is 5.82 Å². The Hall–Kier alpha value is -2.13. The number of rotatable bonds is 5. The van der Waals surface area contributed by atoms with Gasteiger partial charge in [-0.25, -0.2) is 13.1 Å². The molecule has 0 fully saturated rings. The number of nitrogens with one attached hydrogen (secondary N) is 1. The largest absolute Gasteiger partial charge is 0.495 e. The summed E-state index contributed by atoms with van der Waals surface area (Å²) in [5.74, 6) is 0.811. The zero-order chi connectivity index (χ0) is 14.8. The second-order valence-corrected chi connectivity index (χ2v) is 5.70. The third-order valence-electron chi connectivity index (χ3n) is 2.47. The van der Waals surface area contributed by atoms with Crippen LogP contribution in [0.3, 0.4) is 0 Å². The van der Waals surface area contributed by atoms with E-state index in [1.807, 2.05) is 0 Å². The zero-order valence-corrected chi connectivity index (χ0v) is 11.8. The maximum Gasteiger partial charge on any atom is 0.244 e. The molecule has 108 valence electrons. The second-order valence-electron chi connectivity index (χ2n) is 3.96. The van der Waals surface area contributed by atoms with Crippen LogP contribution in [0.25, 0.3) is 0 Å². The zero-order valence-electron chi connectivity index (χ0n) is 11.0. The number of sulfonamides is 1. The van der Waals surface area contributed by atoms with Crippen molar-refractivity contribution in [1.82, 2.24) is 14.9 Å². The molecule has 8 nitrogen and oxygen atoms in total. The van der Waals surface area contributed by atoms with E-state index in [0.29, 0.717) is 11.6 Å². The number of nitrogen functional groups attached to an aromatic ring is 1. The van der Waals surface area contributed by atoms with Crippen LogP contribution in [0.4, 0.5) is 5.69 Å². The van der Waals surface area contributed by atoms with E-state index in [4.69, 9.17) is 15.0 Å². The quantitative estimate of drug-likeness (QED) is 0.768. The average molecular weight is 298 g/mol. The van der Waals surface area contributed by atoms with Crippen molar-refractivity contribution in [3.63, 3.8) is 0 Å². The third kappa shape index (κ3) is 3.06. The smallest absolute Gasteiger partial charge is 0.244 e. The van der Waals surface area contributed by atoms with Gasteiger partial charge in [-0.2, -0.15) is 4.98 Å². The summed E-state index contributed by atoms with van der Waals surface area (Å²) in [6.45, 7) is 1.53. The minimum atomic E-state index is -3.79. The summed E-state index contributed by atoms with van der Waals surface area (Å²) in [6, 6.07) is 4.37. The van der Waals surface area contributed by atoms with Crippen LogP contribution >= 0.6 is 0 Å². The fourth-order valence-electron chi connectivity index (χ4n) is 1.55. The van der Waals surface area contributed by atoms with Crippen molar-refractivity contribution in [3.8, 4) is 5.75 Å². The Kier molecular flexibility index (Phi) is 3.91. The highest BCUT2D eigenvalue weighted by molar-refractivity contribution is 7.89. The summed E-state index contributed by atoms with van der Waals surface area (Å²) in [7, 11) is -2.41. The summed E-state index contributed by atoms with van der Waals surface area (Å²) in [5.41, 5.74) is 5.92. The minimum Gasteiger partial charge on any atom is -0.495 e. The molecule has 0 aliphatic rings. The van der Waals surface area contributed by atoms with E-state index in [1.54, 1.807) is 13.0 Å². The molecule has 0 bridgehead atoms. The van der Waals surface area contributed by atoms with E-state index in [0.717, 1.165) is 0 Å². The summed E-state index contributed by atoms with van der Waals surface area (Å²) in [6.07, 6.45) is 0. The lowest BCUT2D eigenvalue weighted by Gasteiger charge is -2.10. The Morgan fingerprint density at radius 3 is 2.80 bits per heavy atom. The van der Waals surface area contributed by atoms with Crippen LogP contribution in [0.1, 0.15) is 11.7 Å². The Morgan fingerprint density at radius 1 is 1.45 bits per heavy atom. The maximum atomic E-state index is 12.2. The first kappa shape index (κ1) is 14.3. The molecule has 0 saturated heterocycles. The van der Waals surface area contributed by atoms with E-state index >= 15 is 0 Å². The van der Waals surface area contributed by atoms with Gasteiger partial charge in [0.1, 0.15) is 10.6 Å². The molecule has 2 aromatic rings. The molecular weight excluding hydrogens is 284 g/mol. The maximum absolute atomic E-state index is 12.2. The fourth-order valence-corrected chi connectivity index (χ4v) is 2.74. The Labute approximate surface area is 116 Å². The van der Waals surface area contributed by atoms with E-state index in [2.05, 4.69) is 14.9 Å². The standard InChI is InChI=1S/C11H14N4O4S/c1-7-14-11(15-19-7)6-13-20(16,17)10-5-8(12)3-4-9(10)18-2/h3-5,13H,6,12H2,1-2H3. The van der Waals surface area contributed by atoms with Gasteiger partial charge in [0.05, 0.1) is 13.7 Å². The summed E-state index contributed by atoms with van der Waals surface area (Å²) < 4.78 is 36.6. The molecule has 0 saturated carbocycles. The SMILES string of the molecule is COc1ccc(N)cc1S(=O)(=O)NCc1noc(C)n1. The molecule has 20 heavy (non-hydrogen) atoms. The number of ether oxygens (including phenoxy) is 1. The molecule has 0 unspecified atom stereocenters. The number of hydrogen-bond acceptors (Lipinski definition) is 7. The monoisotopic (exact) mass is 298 g/mol. The van der Waals surface area contributed by atoms with E-state index in [9.17, 15) is 8.42 Å². The molecule has 1 aromatic carbocycles. The molecule has 1 aromatic heterocycles. The van der Waals surface area contributed by atoms with Crippen LogP contribution in [0.5, 0.6) is 5.75 Å². The number of nitrogens with zero attached hydrogens (tertiary/aromatic N) is 2. The number of aryl methyl sites for hydroxylation is 1. The second kappa shape index (κ2) is 5.47. The highest BCUT2D eigenvalue weighted by atomic mass is 32.2. The minimum absolute atomic E-state index is 0.0415. The molecule has 0 aliphatic heterocycles. The van der Waals surface area contributed by atoms with Gasteiger partial charge in [-0.05, 0) is 18.2 Å². The molecule has 0 aliphatic carbocycles. The van der Waals surface area contributed by atoms with Crippen LogP contribution < -0.4 is 15.2 Å². The highest BCUT2D eigenvalue weighted by Crippen LogP contribution is 2.25. The topological polar surface area (TPSA) is 120 Å². The Bertz CT molecular complexity index is 711. The number of methoxy groups -OCH3 is 1. The van der Waals surface area contributed by atoms with Gasteiger partial charge in [-0.3, -0.25) is 0 Å². The average Bonchev–Trinajstić information content (AvgIpc) is 2.82. The van der Waals surface area contributed by atoms with Crippen molar-refractivity contribution in [3.05, 3.63) is 29.9 Å². The van der Waals surface area contributed by atoms with E-state index < -0.39 is 10.0 Å². The van der Waals surface area contributed by atoms with Gasteiger partial charge < -0.3 is 15.0 Å². The van der Waals surface area contributed by atoms with Crippen LogP contribution in [-0.4, -0.2) is 25.7 Å². The van der Waals surface area contributed by atoms with Crippen LogP contribution in [0, 0.1) is 6.92 Å². The molecule has 0 amide bonds. The number of anilines is 1. The molecule has 3 N–H and O–H groups in total. The van der Waals surface area contributed by atoms with Crippen molar-refractivity contribution in [2.24, 2.45) is 0 Å². The summed E-state index contributed by atoms with van der Waals surface area (Å²) in [4.78, 5) is 3.87.